The molecular formula is C19H24N6. The third-order valence-electron chi connectivity index (χ3n) is 5.77. The van der Waals surface area contributed by atoms with Crippen molar-refractivity contribution in [3.63, 3.8) is 0 Å². The van der Waals surface area contributed by atoms with Gasteiger partial charge in [-0.25, -0.2) is 19.9 Å². The van der Waals surface area contributed by atoms with Gasteiger partial charge in [-0.3, -0.25) is 4.90 Å². The zero-order valence-electron chi connectivity index (χ0n) is 14.7. The van der Waals surface area contributed by atoms with E-state index in [9.17, 15) is 0 Å². The number of likely N-dealkylation sites (tertiary alicyclic amines) is 1. The van der Waals surface area contributed by atoms with Gasteiger partial charge in [-0.1, -0.05) is 0 Å². The van der Waals surface area contributed by atoms with Crippen LogP contribution in [0.4, 0.5) is 5.82 Å². The standard InChI is InChI=1S/C19H24N6/c1-13-20-5-4-17(23-13)11-24-7-15-9-25(10-16(15)8-24)19-6-18(14-2-3-14)21-12-22-19/h4-6,12,14-16H,2-3,7-11H2,1H3. The van der Waals surface area contributed by atoms with E-state index in [4.69, 9.17) is 0 Å². The van der Waals surface area contributed by atoms with Crippen molar-refractivity contribution >= 4 is 5.82 Å². The van der Waals surface area contributed by atoms with Crippen LogP contribution in [0, 0.1) is 18.8 Å². The van der Waals surface area contributed by atoms with Crippen molar-refractivity contribution in [1.29, 1.82) is 0 Å². The number of hydrogen-bond donors (Lipinski definition) is 0. The summed E-state index contributed by atoms with van der Waals surface area (Å²) in [5.74, 6) is 4.16. The molecule has 4 heterocycles. The Balaban J connectivity index is 1.22. The summed E-state index contributed by atoms with van der Waals surface area (Å²) in [6.07, 6.45) is 6.20. The second-order valence-corrected chi connectivity index (χ2v) is 7.79. The molecule has 2 aromatic rings. The van der Waals surface area contributed by atoms with Crippen LogP contribution in [-0.4, -0.2) is 51.0 Å². The first kappa shape index (κ1) is 15.2. The summed E-state index contributed by atoms with van der Waals surface area (Å²) in [5.41, 5.74) is 2.37. The van der Waals surface area contributed by atoms with Crippen LogP contribution < -0.4 is 4.90 Å². The summed E-state index contributed by atoms with van der Waals surface area (Å²) in [6, 6.07) is 4.26. The maximum absolute atomic E-state index is 4.55. The molecule has 0 N–H and O–H groups in total. The topological polar surface area (TPSA) is 58.0 Å². The van der Waals surface area contributed by atoms with Gasteiger partial charge in [-0.2, -0.15) is 0 Å². The van der Waals surface area contributed by atoms with Crippen LogP contribution in [0.1, 0.15) is 36.0 Å². The van der Waals surface area contributed by atoms with Crippen LogP contribution in [-0.2, 0) is 6.54 Å². The van der Waals surface area contributed by atoms with Crippen LogP contribution in [0.3, 0.4) is 0 Å². The summed E-state index contributed by atoms with van der Waals surface area (Å²) in [6.45, 7) is 7.44. The molecule has 6 heteroatoms. The summed E-state index contributed by atoms with van der Waals surface area (Å²) in [4.78, 5) is 22.7. The lowest BCUT2D eigenvalue weighted by molar-refractivity contribution is 0.304. The van der Waals surface area contributed by atoms with E-state index in [2.05, 4.69) is 35.8 Å². The molecule has 0 radical (unpaired) electrons. The van der Waals surface area contributed by atoms with E-state index in [1.807, 2.05) is 19.2 Å². The highest BCUT2D eigenvalue weighted by atomic mass is 15.3. The van der Waals surface area contributed by atoms with E-state index in [1.165, 1.54) is 18.5 Å². The molecule has 2 atom stereocenters. The van der Waals surface area contributed by atoms with Crippen LogP contribution in [0.2, 0.25) is 0 Å². The number of aryl methyl sites for hydroxylation is 1. The number of aromatic nitrogens is 4. The smallest absolute Gasteiger partial charge is 0.132 e. The molecule has 1 aliphatic carbocycles. The largest absolute Gasteiger partial charge is 0.356 e. The van der Waals surface area contributed by atoms with E-state index in [0.29, 0.717) is 5.92 Å². The molecule has 0 bridgehead atoms. The molecule has 2 aliphatic heterocycles. The van der Waals surface area contributed by atoms with E-state index >= 15 is 0 Å². The predicted octanol–water partition coefficient (Wildman–Crippen LogP) is 2.02. The average Bonchev–Trinajstić information content (AvgIpc) is 3.28. The summed E-state index contributed by atoms with van der Waals surface area (Å²) >= 11 is 0. The summed E-state index contributed by atoms with van der Waals surface area (Å²) in [7, 11) is 0. The Kier molecular flexibility index (Phi) is 3.66. The monoisotopic (exact) mass is 336 g/mol. The van der Waals surface area contributed by atoms with Gasteiger partial charge in [-0.05, 0) is 37.7 Å². The molecule has 3 fully saturated rings. The molecule has 0 amide bonds. The Morgan fingerprint density at radius 2 is 1.84 bits per heavy atom. The van der Waals surface area contributed by atoms with Crippen molar-refractivity contribution < 1.29 is 0 Å². The quantitative estimate of drug-likeness (QED) is 0.851. The number of nitrogens with zero attached hydrogens (tertiary/aromatic N) is 6. The van der Waals surface area contributed by atoms with E-state index in [0.717, 1.165) is 61.9 Å². The molecule has 0 aromatic carbocycles. The molecule has 0 spiro atoms. The maximum atomic E-state index is 4.55. The predicted molar refractivity (Wildman–Crippen MR) is 95.2 cm³/mol. The molecule has 2 unspecified atom stereocenters. The maximum Gasteiger partial charge on any atom is 0.132 e. The molecule has 2 aromatic heterocycles. The van der Waals surface area contributed by atoms with Crippen molar-refractivity contribution in [2.24, 2.45) is 11.8 Å². The second-order valence-electron chi connectivity index (χ2n) is 7.79. The van der Waals surface area contributed by atoms with Crippen molar-refractivity contribution in [3.05, 3.63) is 41.9 Å². The van der Waals surface area contributed by atoms with Crippen molar-refractivity contribution in [2.75, 3.05) is 31.1 Å². The first-order valence-corrected chi connectivity index (χ1v) is 9.32. The number of fused-ring (bicyclic) bond motifs is 1. The highest BCUT2D eigenvalue weighted by Crippen LogP contribution is 2.40. The number of rotatable bonds is 4. The zero-order chi connectivity index (χ0) is 16.8. The third kappa shape index (κ3) is 3.11. The molecule has 3 aliphatic rings. The Hall–Kier alpha value is -2.08. The number of hydrogen-bond acceptors (Lipinski definition) is 6. The summed E-state index contributed by atoms with van der Waals surface area (Å²) in [5, 5.41) is 0. The minimum Gasteiger partial charge on any atom is -0.356 e. The van der Waals surface area contributed by atoms with Gasteiger partial charge in [0.15, 0.2) is 0 Å². The van der Waals surface area contributed by atoms with Crippen molar-refractivity contribution in [2.45, 2.75) is 32.2 Å². The SMILES string of the molecule is Cc1nccc(CN2CC3CN(c4cc(C5CC5)ncn4)CC3C2)n1. The molecule has 5 rings (SSSR count). The van der Waals surface area contributed by atoms with E-state index in [-0.39, 0.29) is 0 Å². The van der Waals surface area contributed by atoms with Gasteiger partial charge in [0.25, 0.3) is 0 Å². The summed E-state index contributed by atoms with van der Waals surface area (Å²) < 4.78 is 0. The fourth-order valence-corrected chi connectivity index (χ4v) is 4.37. The normalized spacial score (nSPS) is 26.2. The van der Waals surface area contributed by atoms with E-state index in [1.54, 1.807) is 6.33 Å². The fourth-order valence-electron chi connectivity index (χ4n) is 4.37. The Labute approximate surface area is 148 Å². The van der Waals surface area contributed by atoms with Crippen LogP contribution in [0.5, 0.6) is 0 Å². The lowest BCUT2D eigenvalue weighted by Crippen LogP contribution is -2.29. The van der Waals surface area contributed by atoms with Crippen molar-refractivity contribution in [1.82, 2.24) is 24.8 Å². The van der Waals surface area contributed by atoms with Gasteiger partial charge < -0.3 is 4.90 Å². The minimum absolute atomic E-state index is 0.690. The third-order valence-corrected chi connectivity index (χ3v) is 5.77. The van der Waals surface area contributed by atoms with Gasteiger partial charge in [0.2, 0.25) is 0 Å². The van der Waals surface area contributed by atoms with Crippen molar-refractivity contribution in [3.8, 4) is 0 Å². The first-order chi connectivity index (χ1) is 12.2. The Bertz CT molecular complexity index is 760. The van der Waals surface area contributed by atoms with Gasteiger partial charge in [0.05, 0.1) is 5.69 Å². The Morgan fingerprint density at radius 1 is 1.04 bits per heavy atom. The number of anilines is 1. The average molecular weight is 336 g/mol. The molecule has 2 saturated heterocycles. The highest BCUT2D eigenvalue weighted by Gasteiger charge is 2.40. The Morgan fingerprint density at radius 3 is 2.56 bits per heavy atom. The van der Waals surface area contributed by atoms with Gasteiger partial charge in [0.1, 0.15) is 18.0 Å². The molecule has 25 heavy (non-hydrogen) atoms. The van der Waals surface area contributed by atoms with Crippen LogP contribution in [0.25, 0.3) is 0 Å². The molecule has 1 saturated carbocycles. The van der Waals surface area contributed by atoms with Crippen LogP contribution >= 0.6 is 0 Å². The van der Waals surface area contributed by atoms with Crippen LogP contribution in [0.15, 0.2) is 24.7 Å². The first-order valence-electron chi connectivity index (χ1n) is 9.32. The second kappa shape index (κ2) is 6.02. The lowest BCUT2D eigenvalue weighted by atomic mass is 10.0. The molecule has 130 valence electrons. The fraction of sp³-hybridized carbons (Fsp3) is 0.579. The van der Waals surface area contributed by atoms with E-state index < -0.39 is 0 Å². The molecule has 6 nitrogen and oxygen atoms in total. The molecular weight excluding hydrogens is 312 g/mol. The minimum atomic E-state index is 0.690. The van der Waals surface area contributed by atoms with Gasteiger partial charge >= 0.3 is 0 Å². The van der Waals surface area contributed by atoms with Gasteiger partial charge in [-0.15, -0.1) is 0 Å². The highest BCUT2D eigenvalue weighted by molar-refractivity contribution is 5.42. The lowest BCUT2D eigenvalue weighted by Gasteiger charge is -2.22. The zero-order valence-corrected chi connectivity index (χ0v) is 14.7. The van der Waals surface area contributed by atoms with Gasteiger partial charge in [0, 0.05) is 56.6 Å².